The molecule has 2 atom stereocenters. The van der Waals surface area contributed by atoms with Gasteiger partial charge < -0.3 is 4.74 Å². The maximum Gasteiger partial charge on any atom is 0.0815 e. The lowest BCUT2D eigenvalue weighted by Crippen LogP contribution is -2.16. The van der Waals surface area contributed by atoms with Gasteiger partial charge in [0.15, 0.2) is 0 Å². The zero-order valence-corrected chi connectivity index (χ0v) is 8.70. The van der Waals surface area contributed by atoms with Crippen molar-refractivity contribution in [3.63, 3.8) is 0 Å². The van der Waals surface area contributed by atoms with Crippen LogP contribution in [-0.2, 0) is 4.74 Å². The summed E-state index contributed by atoms with van der Waals surface area (Å²) >= 11 is 0. The van der Waals surface area contributed by atoms with Crippen LogP contribution < -0.4 is 0 Å². The first-order valence-electron chi connectivity index (χ1n) is 5.29. The Morgan fingerprint density at radius 2 is 2.38 bits per heavy atom. The van der Waals surface area contributed by atoms with Gasteiger partial charge in [-0.15, -0.1) is 0 Å². The van der Waals surface area contributed by atoms with E-state index in [2.05, 4.69) is 38.2 Å². The number of ether oxygens (including phenoxy) is 1. The Bertz CT molecular complexity index is 182. The van der Waals surface area contributed by atoms with E-state index in [1.165, 1.54) is 6.42 Å². The summed E-state index contributed by atoms with van der Waals surface area (Å²) in [6.07, 6.45) is 12.7. The summed E-state index contributed by atoms with van der Waals surface area (Å²) in [4.78, 5) is 0. The van der Waals surface area contributed by atoms with E-state index in [9.17, 15) is 0 Å². The zero-order valence-electron chi connectivity index (χ0n) is 8.70. The van der Waals surface area contributed by atoms with Crippen LogP contribution in [0.3, 0.4) is 0 Å². The number of allylic oxidation sites excluding steroid dienone is 1. The Morgan fingerprint density at radius 1 is 1.54 bits per heavy atom. The van der Waals surface area contributed by atoms with E-state index in [0.717, 1.165) is 19.4 Å². The summed E-state index contributed by atoms with van der Waals surface area (Å²) in [7, 11) is 0. The van der Waals surface area contributed by atoms with E-state index in [4.69, 9.17) is 4.74 Å². The Balaban J connectivity index is 2.41. The lowest BCUT2D eigenvalue weighted by molar-refractivity contribution is 0.0709. The van der Waals surface area contributed by atoms with Gasteiger partial charge >= 0.3 is 0 Å². The standard InChI is InChI=1S/C12H20O/c1-3-4-5-9-12-11(2)8-6-7-10-13-12/h5-6,8-9,11-12H,3-4,7,10H2,1-2H3/b9-5+/t11-,12+/m0/s1. The molecule has 1 aliphatic heterocycles. The lowest BCUT2D eigenvalue weighted by atomic mass is 10.0. The smallest absolute Gasteiger partial charge is 0.0815 e. The molecule has 0 fully saturated rings. The van der Waals surface area contributed by atoms with Gasteiger partial charge in [-0.25, -0.2) is 0 Å². The third kappa shape index (κ3) is 3.77. The van der Waals surface area contributed by atoms with Gasteiger partial charge in [0.2, 0.25) is 0 Å². The van der Waals surface area contributed by atoms with E-state index in [0.29, 0.717) is 12.0 Å². The van der Waals surface area contributed by atoms with Crippen LogP contribution in [0, 0.1) is 5.92 Å². The van der Waals surface area contributed by atoms with Crippen LogP contribution in [0.5, 0.6) is 0 Å². The molecule has 0 amide bonds. The molecule has 13 heavy (non-hydrogen) atoms. The second kappa shape index (κ2) is 5.98. The highest BCUT2D eigenvalue weighted by atomic mass is 16.5. The van der Waals surface area contributed by atoms with Crippen LogP contribution in [0.4, 0.5) is 0 Å². The molecule has 0 unspecified atom stereocenters. The predicted octanol–water partition coefficient (Wildman–Crippen LogP) is 3.32. The molecule has 0 saturated heterocycles. The monoisotopic (exact) mass is 180 g/mol. The number of hydrogen-bond donors (Lipinski definition) is 0. The summed E-state index contributed by atoms with van der Waals surface area (Å²) in [5.41, 5.74) is 0. The van der Waals surface area contributed by atoms with E-state index in [1.54, 1.807) is 0 Å². The van der Waals surface area contributed by atoms with Crippen molar-refractivity contribution in [1.29, 1.82) is 0 Å². The summed E-state index contributed by atoms with van der Waals surface area (Å²) in [5.74, 6) is 0.524. The predicted molar refractivity (Wildman–Crippen MR) is 56.7 cm³/mol. The van der Waals surface area contributed by atoms with Gasteiger partial charge in [0.05, 0.1) is 12.7 Å². The fraction of sp³-hybridized carbons (Fsp3) is 0.667. The molecule has 0 saturated carbocycles. The maximum absolute atomic E-state index is 5.71. The molecule has 0 aromatic rings. The fourth-order valence-corrected chi connectivity index (χ4v) is 1.47. The highest BCUT2D eigenvalue weighted by molar-refractivity contribution is 5.01. The Labute approximate surface area is 81.5 Å². The van der Waals surface area contributed by atoms with Gasteiger partial charge in [0.1, 0.15) is 0 Å². The quantitative estimate of drug-likeness (QED) is 0.605. The molecule has 1 heteroatoms. The van der Waals surface area contributed by atoms with Gasteiger partial charge in [0.25, 0.3) is 0 Å². The van der Waals surface area contributed by atoms with Gasteiger partial charge in [-0.05, 0) is 12.8 Å². The molecule has 0 aromatic carbocycles. The highest BCUT2D eigenvalue weighted by Gasteiger charge is 2.13. The molecule has 1 nitrogen and oxygen atoms in total. The van der Waals surface area contributed by atoms with Crippen LogP contribution in [0.2, 0.25) is 0 Å². The SMILES string of the molecule is CCC/C=C/[C@H]1OCCC=C[C@@H]1C. The molecule has 74 valence electrons. The minimum Gasteiger partial charge on any atom is -0.373 e. The second-order valence-corrected chi connectivity index (χ2v) is 3.63. The van der Waals surface area contributed by atoms with Crippen LogP contribution >= 0.6 is 0 Å². The minimum atomic E-state index is 0.297. The van der Waals surface area contributed by atoms with Crippen LogP contribution in [-0.4, -0.2) is 12.7 Å². The lowest BCUT2D eigenvalue weighted by Gasteiger charge is -2.16. The van der Waals surface area contributed by atoms with Crippen molar-refractivity contribution in [2.75, 3.05) is 6.61 Å². The number of unbranched alkanes of at least 4 members (excludes halogenated alkanes) is 1. The van der Waals surface area contributed by atoms with Crippen LogP contribution in [0.25, 0.3) is 0 Å². The van der Waals surface area contributed by atoms with E-state index in [1.807, 2.05) is 0 Å². The minimum absolute atomic E-state index is 0.297. The Kier molecular flexibility index (Phi) is 4.84. The van der Waals surface area contributed by atoms with Crippen molar-refractivity contribution in [1.82, 2.24) is 0 Å². The van der Waals surface area contributed by atoms with Crippen molar-refractivity contribution in [3.8, 4) is 0 Å². The zero-order chi connectivity index (χ0) is 9.52. The van der Waals surface area contributed by atoms with Crippen LogP contribution in [0.15, 0.2) is 24.3 Å². The summed E-state index contributed by atoms with van der Waals surface area (Å²) in [6.45, 7) is 5.27. The average molecular weight is 180 g/mol. The molecule has 0 radical (unpaired) electrons. The second-order valence-electron chi connectivity index (χ2n) is 3.63. The van der Waals surface area contributed by atoms with Crippen molar-refractivity contribution in [2.24, 2.45) is 5.92 Å². The van der Waals surface area contributed by atoms with E-state index < -0.39 is 0 Å². The summed E-state index contributed by atoms with van der Waals surface area (Å²) in [6, 6.07) is 0. The first-order valence-corrected chi connectivity index (χ1v) is 5.29. The van der Waals surface area contributed by atoms with Crippen molar-refractivity contribution in [2.45, 2.75) is 39.2 Å². The Hall–Kier alpha value is -0.560. The maximum atomic E-state index is 5.71. The molecule has 1 rings (SSSR count). The highest BCUT2D eigenvalue weighted by Crippen LogP contribution is 2.15. The third-order valence-electron chi connectivity index (χ3n) is 2.33. The topological polar surface area (TPSA) is 9.23 Å². The number of rotatable bonds is 3. The van der Waals surface area contributed by atoms with Crippen LogP contribution in [0.1, 0.15) is 33.1 Å². The van der Waals surface area contributed by atoms with Crippen molar-refractivity contribution < 1.29 is 4.74 Å². The molecular weight excluding hydrogens is 160 g/mol. The van der Waals surface area contributed by atoms with Gasteiger partial charge in [0, 0.05) is 5.92 Å². The molecule has 1 aliphatic rings. The molecular formula is C12H20O. The Morgan fingerprint density at radius 3 is 3.15 bits per heavy atom. The third-order valence-corrected chi connectivity index (χ3v) is 2.33. The van der Waals surface area contributed by atoms with E-state index >= 15 is 0 Å². The molecule has 0 N–H and O–H groups in total. The fourth-order valence-electron chi connectivity index (χ4n) is 1.47. The van der Waals surface area contributed by atoms with E-state index in [-0.39, 0.29) is 0 Å². The molecule has 0 aromatic heterocycles. The summed E-state index contributed by atoms with van der Waals surface area (Å²) in [5, 5.41) is 0. The first kappa shape index (κ1) is 10.5. The summed E-state index contributed by atoms with van der Waals surface area (Å²) < 4.78 is 5.71. The van der Waals surface area contributed by atoms with Crippen molar-refractivity contribution >= 4 is 0 Å². The number of hydrogen-bond acceptors (Lipinski definition) is 1. The molecule has 1 heterocycles. The van der Waals surface area contributed by atoms with Gasteiger partial charge in [-0.3, -0.25) is 0 Å². The molecule has 0 aliphatic carbocycles. The average Bonchev–Trinajstić information content (AvgIpc) is 2.32. The molecule has 0 spiro atoms. The normalized spacial score (nSPS) is 29.4. The van der Waals surface area contributed by atoms with Crippen molar-refractivity contribution in [3.05, 3.63) is 24.3 Å². The van der Waals surface area contributed by atoms with Gasteiger partial charge in [-0.1, -0.05) is 44.6 Å². The van der Waals surface area contributed by atoms with Gasteiger partial charge in [-0.2, -0.15) is 0 Å². The first-order chi connectivity index (χ1) is 6.34. The largest absolute Gasteiger partial charge is 0.373 e. The molecule has 0 bridgehead atoms.